The molecule has 0 aliphatic heterocycles. The normalized spacial score (nSPS) is 12.6. The van der Waals surface area contributed by atoms with Crippen LogP contribution in [0, 0.1) is 5.41 Å². The molecule has 2 amide bonds. The number of hydrogen-bond donors (Lipinski definition) is 3. The summed E-state index contributed by atoms with van der Waals surface area (Å²) in [6.45, 7) is 7.30. The van der Waals surface area contributed by atoms with E-state index in [0.29, 0.717) is 5.69 Å². The van der Waals surface area contributed by atoms with E-state index in [9.17, 15) is 14.7 Å². The summed E-state index contributed by atoms with van der Waals surface area (Å²) in [5, 5.41) is 14.4. The molecule has 0 heterocycles. The molecule has 1 aromatic rings. The molecule has 110 valence electrons. The molecule has 0 unspecified atom stereocenters. The van der Waals surface area contributed by atoms with Gasteiger partial charge < -0.3 is 15.7 Å². The summed E-state index contributed by atoms with van der Waals surface area (Å²) in [5.41, 5.74) is 1.14. The van der Waals surface area contributed by atoms with Crippen molar-refractivity contribution in [1.82, 2.24) is 5.32 Å². The number of rotatable bonds is 4. The molecule has 5 heteroatoms. The molecule has 0 saturated carbocycles. The molecule has 0 fully saturated rings. The van der Waals surface area contributed by atoms with Crippen molar-refractivity contribution in [2.45, 2.75) is 40.2 Å². The predicted octanol–water partition coefficient (Wildman–Crippen LogP) is 2.87. The Hall–Kier alpha value is -2.04. The minimum atomic E-state index is -1.04. The van der Waals surface area contributed by atoms with Gasteiger partial charge in [0.2, 0.25) is 0 Å². The molecule has 20 heavy (non-hydrogen) atoms. The molecule has 1 rings (SSSR count). The van der Waals surface area contributed by atoms with Gasteiger partial charge >= 0.3 is 12.0 Å². The molecule has 0 radical (unpaired) electrons. The maximum atomic E-state index is 12.0. The Morgan fingerprint density at radius 1 is 1.25 bits per heavy atom. The lowest BCUT2D eigenvalue weighted by Crippen LogP contribution is -2.50. The summed E-state index contributed by atoms with van der Waals surface area (Å²) >= 11 is 0. The van der Waals surface area contributed by atoms with Crippen LogP contribution in [0.15, 0.2) is 24.3 Å². The van der Waals surface area contributed by atoms with Crippen LogP contribution in [0.4, 0.5) is 10.5 Å². The number of benzene rings is 1. The third-order valence-corrected chi connectivity index (χ3v) is 3.03. The third kappa shape index (κ3) is 4.26. The molecular weight excluding hydrogens is 256 g/mol. The number of carbonyl (C=O) groups is 2. The number of nitrogens with one attached hydrogen (secondary N) is 2. The third-order valence-electron chi connectivity index (χ3n) is 3.03. The van der Waals surface area contributed by atoms with Gasteiger partial charge in [-0.3, -0.25) is 0 Å². The SMILES string of the molecule is CCc1ccccc1NC(=O)N[C@@H](C(=O)O)C(C)(C)C. The van der Waals surface area contributed by atoms with E-state index in [1.54, 1.807) is 26.8 Å². The van der Waals surface area contributed by atoms with Crippen LogP contribution in [-0.4, -0.2) is 23.1 Å². The zero-order valence-electron chi connectivity index (χ0n) is 12.4. The van der Waals surface area contributed by atoms with Crippen molar-refractivity contribution in [2.24, 2.45) is 5.41 Å². The first-order chi connectivity index (χ1) is 9.25. The Kier molecular flexibility index (Phi) is 5.13. The van der Waals surface area contributed by atoms with Gasteiger partial charge in [-0.05, 0) is 23.5 Å². The molecule has 0 spiro atoms. The Bertz CT molecular complexity index is 492. The zero-order chi connectivity index (χ0) is 15.3. The smallest absolute Gasteiger partial charge is 0.326 e. The van der Waals surface area contributed by atoms with Crippen LogP contribution in [0.1, 0.15) is 33.3 Å². The van der Waals surface area contributed by atoms with E-state index in [1.165, 1.54) is 0 Å². The second-order valence-electron chi connectivity index (χ2n) is 5.75. The zero-order valence-corrected chi connectivity index (χ0v) is 12.4. The van der Waals surface area contributed by atoms with Gasteiger partial charge in [0.25, 0.3) is 0 Å². The average molecular weight is 278 g/mol. The summed E-state index contributed by atoms with van der Waals surface area (Å²) in [5.74, 6) is -1.04. The number of carbonyl (C=O) groups excluding carboxylic acids is 1. The first-order valence-electron chi connectivity index (χ1n) is 6.64. The van der Waals surface area contributed by atoms with Crippen LogP contribution >= 0.6 is 0 Å². The number of aryl methyl sites for hydroxylation is 1. The van der Waals surface area contributed by atoms with Crippen molar-refractivity contribution >= 4 is 17.7 Å². The number of para-hydroxylation sites is 1. The van der Waals surface area contributed by atoms with Gasteiger partial charge in [-0.1, -0.05) is 45.9 Å². The maximum Gasteiger partial charge on any atom is 0.326 e. The topological polar surface area (TPSA) is 78.4 Å². The van der Waals surface area contributed by atoms with Crippen molar-refractivity contribution in [3.8, 4) is 0 Å². The predicted molar refractivity (Wildman–Crippen MR) is 78.9 cm³/mol. The van der Waals surface area contributed by atoms with Crippen LogP contribution in [0.3, 0.4) is 0 Å². The van der Waals surface area contributed by atoms with Crippen molar-refractivity contribution in [3.63, 3.8) is 0 Å². The summed E-state index contributed by atoms with van der Waals surface area (Å²) in [4.78, 5) is 23.2. The van der Waals surface area contributed by atoms with Crippen molar-refractivity contribution in [3.05, 3.63) is 29.8 Å². The minimum absolute atomic E-state index is 0.506. The number of carboxylic acid groups (broad SMARTS) is 1. The molecule has 1 aromatic carbocycles. The van der Waals surface area contributed by atoms with E-state index >= 15 is 0 Å². The Labute approximate surface area is 119 Å². The van der Waals surface area contributed by atoms with Gasteiger partial charge in [0.15, 0.2) is 0 Å². The standard InChI is InChI=1S/C15H22N2O3/c1-5-10-8-6-7-9-11(10)16-14(20)17-12(13(18)19)15(2,3)4/h6-9,12H,5H2,1-4H3,(H,18,19)(H2,16,17,20)/t12-/m0/s1. The molecule has 0 aliphatic carbocycles. The Morgan fingerprint density at radius 3 is 2.35 bits per heavy atom. The van der Waals surface area contributed by atoms with Gasteiger partial charge in [0, 0.05) is 5.69 Å². The molecule has 5 nitrogen and oxygen atoms in total. The molecule has 0 bridgehead atoms. The highest BCUT2D eigenvalue weighted by molar-refractivity contribution is 5.93. The van der Waals surface area contributed by atoms with Crippen molar-refractivity contribution in [2.75, 3.05) is 5.32 Å². The Balaban J connectivity index is 2.79. The van der Waals surface area contributed by atoms with Gasteiger partial charge in [0.05, 0.1) is 0 Å². The highest BCUT2D eigenvalue weighted by Crippen LogP contribution is 2.20. The minimum Gasteiger partial charge on any atom is -0.480 e. The van der Waals surface area contributed by atoms with E-state index in [1.807, 2.05) is 25.1 Å². The summed E-state index contributed by atoms with van der Waals surface area (Å²) in [6, 6.07) is 5.99. The summed E-state index contributed by atoms with van der Waals surface area (Å²) in [7, 11) is 0. The van der Waals surface area contributed by atoms with Crippen molar-refractivity contribution < 1.29 is 14.7 Å². The maximum absolute atomic E-state index is 12.0. The number of carboxylic acids is 1. The highest BCUT2D eigenvalue weighted by atomic mass is 16.4. The summed E-state index contributed by atoms with van der Waals surface area (Å²) < 4.78 is 0. The molecular formula is C15H22N2O3. The van der Waals surface area contributed by atoms with E-state index in [0.717, 1.165) is 12.0 Å². The van der Waals surface area contributed by atoms with Gasteiger partial charge in [-0.2, -0.15) is 0 Å². The van der Waals surface area contributed by atoms with Crippen LogP contribution in [-0.2, 0) is 11.2 Å². The van der Waals surface area contributed by atoms with Crippen LogP contribution in [0.25, 0.3) is 0 Å². The fourth-order valence-corrected chi connectivity index (χ4v) is 1.89. The molecule has 0 aromatic heterocycles. The molecule has 3 N–H and O–H groups in total. The van der Waals surface area contributed by atoms with Gasteiger partial charge in [0.1, 0.15) is 6.04 Å². The largest absolute Gasteiger partial charge is 0.480 e. The number of amides is 2. The lowest BCUT2D eigenvalue weighted by atomic mass is 9.87. The molecule has 0 aliphatic rings. The fourth-order valence-electron chi connectivity index (χ4n) is 1.89. The van der Waals surface area contributed by atoms with Gasteiger partial charge in [-0.15, -0.1) is 0 Å². The summed E-state index contributed by atoms with van der Waals surface area (Å²) in [6.07, 6.45) is 0.790. The van der Waals surface area contributed by atoms with Crippen LogP contribution in [0.5, 0.6) is 0 Å². The number of aliphatic carboxylic acids is 1. The number of urea groups is 1. The fraction of sp³-hybridized carbons (Fsp3) is 0.467. The average Bonchev–Trinajstić information content (AvgIpc) is 2.35. The second-order valence-corrected chi connectivity index (χ2v) is 5.75. The van der Waals surface area contributed by atoms with E-state index < -0.39 is 23.5 Å². The van der Waals surface area contributed by atoms with Crippen LogP contribution < -0.4 is 10.6 Å². The lowest BCUT2D eigenvalue weighted by Gasteiger charge is -2.27. The van der Waals surface area contributed by atoms with E-state index in [-0.39, 0.29) is 0 Å². The molecule has 0 saturated heterocycles. The van der Waals surface area contributed by atoms with Gasteiger partial charge in [-0.25, -0.2) is 9.59 Å². The van der Waals surface area contributed by atoms with Crippen molar-refractivity contribution in [1.29, 1.82) is 0 Å². The highest BCUT2D eigenvalue weighted by Gasteiger charge is 2.32. The number of anilines is 1. The van der Waals surface area contributed by atoms with Crippen LogP contribution in [0.2, 0.25) is 0 Å². The van der Waals surface area contributed by atoms with E-state index in [4.69, 9.17) is 0 Å². The molecule has 1 atom stereocenters. The second kappa shape index (κ2) is 6.41. The number of hydrogen-bond acceptors (Lipinski definition) is 2. The lowest BCUT2D eigenvalue weighted by molar-refractivity contribution is -0.141. The first kappa shape index (κ1) is 16.0. The monoisotopic (exact) mass is 278 g/mol. The Morgan fingerprint density at radius 2 is 1.85 bits per heavy atom. The van der Waals surface area contributed by atoms with E-state index in [2.05, 4.69) is 10.6 Å². The quantitative estimate of drug-likeness (QED) is 0.792. The first-order valence-corrected chi connectivity index (χ1v) is 6.64.